The number of aliphatic carboxylic acids is 1. The topological polar surface area (TPSA) is 105 Å². The molecule has 112 valence electrons. The van der Waals surface area contributed by atoms with Crippen LogP contribution < -0.4 is 15.4 Å². The number of hydrogen-bond donors (Lipinski definition) is 3. The lowest BCUT2D eigenvalue weighted by atomic mass is 10.1. The van der Waals surface area contributed by atoms with Crippen molar-refractivity contribution < 1.29 is 24.2 Å². The van der Waals surface area contributed by atoms with Crippen LogP contribution in [0.15, 0.2) is 18.2 Å². The van der Waals surface area contributed by atoms with Crippen LogP contribution in [0.2, 0.25) is 0 Å². The number of fused-ring (bicyclic) bond motifs is 1. The van der Waals surface area contributed by atoms with Gasteiger partial charge in [0.05, 0.1) is 11.6 Å². The molecule has 1 unspecified atom stereocenters. The van der Waals surface area contributed by atoms with Gasteiger partial charge in [-0.15, -0.1) is 0 Å². The third-order valence-electron chi connectivity index (χ3n) is 3.23. The van der Waals surface area contributed by atoms with E-state index in [0.717, 1.165) is 0 Å². The maximum absolute atomic E-state index is 12.0. The molecule has 3 N–H and O–H groups in total. The van der Waals surface area contributed by atoms with E-state index in [1.54, 1.807) is 19.1 Å². The third kappa shape index (κ3) is 3.50. The summed E-state index contributed by atoms with van der Waals surface area (Å²) in [6.07, 6.45) is 0.434. The molecule has 0 fully saturated rings. The molecule has 1 aromatic carbocycles. The van der Waals surface area contributed by atoms with Gasteiger partial charge >= 0.3 is 5.97 Å². The number of carboxylic acids is 1. The van der Waals surface area contributed by atoms with Gasteiger partial charge < -0.3 is 20.5 Å². The molecule has 0 bridgehead atoms. The molecule has 0 aromatic heterocycles. The Morgan fingerprint density at radius 1 is 1.48 bits per heavy atom. The molecule has 1 aliphatic rings. The minimum absolute atomic E-state index is 0.0463. The fraction of sp³-hybridized carbons (Fsp3) is 0.357. The number of ether oxygens (including phenoxy) is 1. The van der Waals surface area contributed by atoms with E-state index >= 15 is 0 Å². The quantitative estimate of drug-likeness (QED) is 0.746. The van der Waals surface area contributed by atoms with E-state index < -0.39 is 17.8 Å². The van der Waals surface area contributed by atoms with Gasteiger partial charge in [0.15, 0.2) is 6.61 Å². The number of nitrogens with one attached hydrogen (secondary N) is 2. The second kappa shape index (κ2) is 6.25. The van der Waals surface area contributed by atoms with E-state index in [1.165, 1.54) is 6.07 Å². The molecular formula is C14H16N2O5. The molecule has 1 aliphatic heterocycles. The number of anilines is 1. The number of carbonyl (C=O) groups excluding carboxylic acids is 2. The molecule has 2 rings (SSSR count). The predicted molar refractivity (Wildman–Crippen MR) is 74.3 cm³/mol. The largest absolute Gasteiger partial charge is 0.482 e. The molecule has 0 saturated heterocycles. The van der Waals surface area contributed by atoms with Crippen LogP contribution >= 0.6 is 0 Å². The minimum atomic E-state index is -0.941. The van der Waals surface area contributed by atoms with E-state index in [2.05, 4.69) is 10.6 Å². The van der Waals surface area contributed by atoms with Crippen molar-refractivity contribution in [2.75, 3.05) is 18.5 Å². The zero-order valence-corrected chi connectivity index (χ0v) is 11.5. The van der Waals surface area contributed by atoms with Gasteiger partial charge in [-0.3, -0.25) is 14.4 Å². The monoisotopic (exact) mass is 292 g/mol. The van der Waals surface area contributed by atoms with Gasteiger partial charge in [0, 0.05) is 12.1 Å². The summed E-state index contributed by atoms with van der Waals surface area (Å²) in [6, 6.07) is 4.66. The molecule has 0 aliphatic carbocycles. The van der Waals surface area contributed by atoms with Crippen LogP contribution in [0.25, 0.3) is 0 Å². The second-order valence-electron chi connectivity index (χ2n) is 4.70. The Bertz CT molecular complexity index is 585. The number of carboxylic acid groups (broad SMARTS) is 1. The molecule has 7 nitrogen and oxygen atoms in total. The summed E-state index contributed by atoms with van der Waals surface area (Å²) >= 11 is 0. The van der Waals surface area contributed by atoms with Crippen molar-refractivity contribution in [2.45, 2.75) is 13.3 Å². The van der Waals surface area contributed by atoms with Crippen LogP contribution in [-0.2, 0) is 9.59 Å². The number of carbonyl (C=O) groups is 3. The fourth-order valence-electron chi connectivity index (χ4n) is 1.95. The number of benzene rings is 1. The average molecular weight is 292 g/mol. The summed E-state index contributed by atoms with van der Waals surface area (Å²) < 4.78 is 5.20. The smallest absolute Gasteiger partial charge is 0.308 e. The van der Waals surface area contributed by atoms with Crippen LogP contribution in [0.4, 0.5) is 5.69 Å². The van der Waals surface area contributed by atoms with Crippen LogP contribution in [0.3, 0.4) is 0 Å². The van der Waals surface area contributed by atoms with Gasteiger partial charge in [-0.25, -0.2) is 0 Å². The summed E-state index contributed by atoms with van der Waals surface area (Å²) in [6.45, 7) is 1.76. The standard InChI is InChI=1S/C14H16N2O5/c1-2-8(14(19)20)6-15-13(18)9-3-4-11-10(5-9)16-12(17)7-21-11/h3-5,8H,2,6-7H2,1H3,(H,15,18)(H,16,17)(H,19,20). The Hall–Kier alpha value is -2.57. The van der Waals surface area contributed by atoms with Crippen molar-refractivity contribution in [3.63, 3.8) is 0 Å². The highest BCUT2D eigenvalue weighted by molar-refractivity contribution is 5.99. The molecule has 0 saturated carbocycles. The number of amides is 2. The van der Waals surface area contributed by atoms with E-state index in [1.807, 2.05) is 0 Å². The summed E-state index contributed by atoms with van der Waals surface area (Å²) in [5.74, 6) is -1.73. The molecule has 2 amide bonds. The lowest BCUT2D eigenvalue weighted by molar-refractivity contribution is -0.141. The predicted octanol–water partition coefficient (Wildman–Crippen LogP) is 0.858. The van der Waals surface area contributed by atoms with Crippen LogP contribution in [0, 0.1) is 5.92 Å². The molecule has 0 radical (unpaired) electrons. The maximum Gasteiger partial charge on any atom is 0.308 e. The van der Waals surface area contributed by atoms with Gasteiger partial charge in [0.1, 0.15) is 5.75 Å². The normalized spacial score (nSPS) is 14.4. The third-order valence-corrected chi connectivity index (χ3v) is 3.23. The van der Waals surface area contributed by atoms with E-state index in [4.69, 9.17) is 9.84 Å². The number of hydrogen-bond acceptors (Lipinski definition) is 4. The zero-order chi connectivity index (χ0) is 15.4. The summed E-state index contributed by atoms with van der Waals surface area (Å²) in [5.41, 5.74) is 0.768. The molecule has 7 heteroatoms. The Balaban J connectivity index is 2.04. The van der Waals surface area contributed by atoms with E-state index in [-0.39, 0.29) is 19.1 Å². The highest BCUT2D eigenvalue weighted by Gasteiger charge is 2.19. The van der Waals surface area contributed by atoms with E-state index in [0.29, 0.717) is 23.4 Å². The molecular weight excluding hydrogens is 276 g/mol. The Labute approximate surface area is 121 Å². The molecule has 1 heterocycles. The van der Waals surface area contributed by atoms with Crippen molar-refractivity contribution in [3.05, 3.63) is 23.8 Å². The lowest BCUT2D eigenvalue weighted by Crippen LogP contribution is -2.33. The van der Waals surface area contributed by atoms with Crippen molar-refractivity contribution >= 4 is 23.5 Å². The highest BCUT2D eigenvalue weighted by Crippen LogP contribution is 2.28. The molecule has 0 spiro atoms. The molecule has 1 atom stereocenters. The highest BCUT2D eigenvalue weighted by atomic mass is 16.5. The zero-order valence-electron chi connectivity index (χ0n) is 11.5. The van der Waals surface area contributed by atoms with Gasteiger partial charge in [0.25, 0.3) is 11.8 Å². The molecule has 1 aromatic rings. The molecule has 21 heavy (non-hydrogen) atoms. The van der Waals surface area contributed by atoms with Crippen molar-refractivity contribution in [1.29, 1.82) is 0 Å². The van der Waals surface area contributed by atoms with Gasteiger partial charge in [0.2, 0.25) is 0 Å². The summed E-state index contributed by atoms with van der Waals surface area (Å²) in [4.78, 5) is 34.1. The summed E-state index contributed by atoms with van der Waals surface area (Å²) in [5, 5.41) is 14.1. The first-order valence-corrected chi connectivity index (χ1v) is 6.59. The lowest BCUT2D eigenvalue weighted by Gasteiger charge is -2.18. The average Bonchev–Trinajstić information content (AvgIpc) is 2.46. The van der Waals surface area contributed by atoms with Crippen LogP contribution in [-0.4, -0.2) is 36.0 Å². The first-order valence-electron chi connectivity index (χ1n) is 6.59. The van der Waals surface area contributed by atoms with Gasteiger partial charge in [-0.2, -0.15) is 0 Å². The van der Waals surface area contributed by atoms with Gasteiger partial charge in [-0.1, -0.05) is 6.92 Å². The van der Waals surface area contributed by atoms with Crippen LogP contribution in [0.1, 0.15) is 23.7 Å². The van der Waals surface area contributed by atoms with Gasteiger partial charge in [-0.05, 0) is 24.6 Å². The number of rotatable bonds is 5. The van der Waals surface area contributed by atoms with Crippen molar-refractivity contribution in [2.24, 2.45) is 5.92 Å². The Kier molecular flexibility index (Phi) is 4.42. The minimum Gasteiger partial charge on any atom is -0.482 e. The Morgan fingerprint density at radius 3 is 2.90 bits per heavy atom. The maximum atomic E-state index is 12.0. The second-order valence-corrected chi connectivity index (χ2v) is 4.70. The van der Waals surface area contributed by atoms with Crippen molar-refractivity contribution in [1.82, 2.24) is 5.32 Å². The first kappa shape index (κ1) is 14.8. The fourth-order valence-corrected chi connectivity index (χ4v) is 1.95. The van der Waals surface area contributed by atoms with E-state index in [9.17, 15) is 14.4 Å². The van der Waals surface area contributed by atoms with Crippen LogP contribution in [0.5, 0.6) is 5.75 Å². The summed E-state index contributed by atoms with van der Waals surface area (Å²) in [7, 11) is 0. The SMILES string of the molecule is CCC(CNC(=O)c1ccc2c(c1)NC(=O)CO2)C(=O)O. The van der Waals surface area contributed by atoms with Crippen molar-refractivity contribution in [3.8, 4) is 5.75 Å². The Morgan fingerprint density at radius 2 is 2.24 bits per heavy atom. The first-order chi connectivity index (χ1) is 10.0.